The fourth-order valence-electron chi connectivity index (χ4n) is 3.38. The van der Waals surface area contributed by atoms with Crippen molar-refractivity contribution in [2.24, 2.45) is 0 Å². The van der Waals surface area contributed by atoms with E-state index in [1.54, 1.807) is 36.4 Å². The van der Waals surface area contributed by atoms with Crippen LogP contribution in [-0.4, -0.2) is 25.4 Å². The highest BCUT2D eigenvalue weighted by Gasteiger charge is 2.38. The summed E-state index contributed by atoms with van der Waals surface area (Å²) >= 11 is 5.83. The average molecular weight is 396 g/mol. The van der Waals surface area contributed by atoms with Crippen LogP contribution in [0.4, 0.5) is 5.69 Å². The number of halogens is 1. The minimum Gasteiger partial charge on any atom is -0.454 e. The number of hydrogen-bond acceptors (Lipinski definition) is 4. The lowest BCUT2D eigenvalue weighted by molar-refractivity contribution is -0.141. The molecule has 1 aliphatic rings. The molecule has 5 heteroatoms. The zero-order valence-corrected chi connectivity index (χ0v) is 16.9. The second-order valence-electron chi connectivity index (χ2n) is 7.19. The molecule has 0 N–H and O–H groups in total. The maximum Gasteiger partial charge on any atom is 0.331 e. The third-order valence-corrected chi connectivity index (χ3v) is 5.13. The molecule has 1 aliphatic heterocycles. The molecule has 28 heavy (non-hydrogen) atoms. The van der Waals surface area contributed by atoms with E-state index in [9.17, 15) is 9.59 Å². The Morgan fingerprint density at radius 3 is 2.46 bits per heavy atom. The van der Waals surface area contributed by atoms with Gasteiger partial charge in [-0.05, 0) is 35.4 Å². The predicted octanol–water partition coefficient (Wildman–Crippen LogP) is 4.78. The summed E-state index contributed by atoms with van der Waals surface area (Å²) in [6, 6.07) is 15.1. The Morgan fingerprint density at radius 2 is 1.79 bits per heavy atom. The van der Waals surface area contributed by atoms with Crippen molar-refractivity contribution in [3.8, 4) is 0 Å². The van der Waals surface area contributed by atoms with Crippen LogP contribution in [0.3, 0.4) is 0 Å². The number of carbonyl (C=O) groups is 2. The second kappa shape index (κ2) is 8.03. The summed E-state index contributed by atoms with van der Waals surface area (Å²) < 4.78 is 5.08. The lowest BCUT2D eigenvalue weighted by atomic mass is 9.83. The normalized spacial score (nSPS) is 16.4. The highest BCUT2D eigenvalue weighted by atomic mass is 35.5. The highest BCUT2D eigenvalue weighted by Crippen LogP contribution is 2.46. The number of ketones is 1. The van der Waals surface area contributed by atoms with Gasteiger partial charge in [-0.15, -0.1) is 0 Å². The summed E-state index contributed by atoms with van der Waals surface area (Å²) in [4.78, 5) is 26.3. The number of carbonyl (C=O) groups excluding carboxylic acids is 2. The second-order valence-corrected chi connectivity index (χ2v) is 7.63. The highest BCUT2D eigenvalue weighted by molar-refractivity contribution is 6.30. The quantitative estimate of drug-likeness (QED) is 0.540. The molecule has 0 fully saturated rings. The molecule has 0 aromatic heterocycles. The van der Waals surface area contributed by atoms with Crippen molar-refractivity contribution in [1.82, 2.24) is 0 Å². The van der Waals surface area contributed by atoms with Crippen molar-refractivity contribution in [2.45, 2.75) is 19.3 Å². The number of fused-ring (bicyclic) bond motifs is 1. The molecule has 0 bridgehead atoms. The SMILES string of the molecule is CN1C(=CC(=O)COC(=O)C=Cc2ccc(Cl)cc2)C(C)(C)c2ccccc21. The first-order valence-electron chi connectivity index (χ1n) is 8.97. The molecule has 2 aromatic carbocycles. The molecule has 0 amide bonds. The van der Waals surface area contributed by atoms with Crippen LogP contribution in [0.1, 0.15) is 25.0 Å². The van der Waals surface area contributed by atoms with Crippen LogP contribution in [0.15, 0.2) is 66.4 Å². The minimum absolute atomic E-state index is 0.254. The van der Waals surface area contributed by atoms with Gasteiger partial charge in [-0.2, -0.15) is 0 Å². The van der Waals surface area contributed by atoms with Crippen molar-refractivity contribution in [3.05, 3.63) is 82.5 Å². The van der Waals surface area contributed by atoms with Gasteiger partial charge >= 0.3 is 5.97 Å². The average Bonchev–Trinajstić information content (AvgIpc) is 2.87. The van der Waals surface area contributed by atoms with Crippen LogP contribution in [0, 0.1) is 0 Å². The fraction of sp³-hybridized carbons (Fsp3) is 0.217. The predicted molar refractivity (Wildman–Crippen MR) is 112 cm³/mol. The van der Waals surface area contributed by atoms with Gasteiger partial charge in [0.1, 0.15) is 0 Å². The molecular weight excluding hydrogens is 374 g/mol. The summed E-state index contributed by atoms with van der Waals surface area (Å²) in [5.41, 5.74) is 3.65. The summed E-state index contributed by atoms with van der Waals surface area (Å²) in [6.45, 7) is 3.86. The number of allylic oxidation sites excluding steroid dienone is 1. The van der Waals surface area contributed by atoms with E-state index in [0.29, 0.717) is 5.02 Å². The van der Waals surface area contributed by atoms with E-state index in [0.717, 1.165) is 16.9 Å². The molecular formula is C23H22ClNO3. The van der Waals surface area contributed by atoms with Crippen LogP contribution in [0.25, 0.3) is 6.08 Å². The van der Waals surface area contributed by atoms with Crippen LogP contribution in [0.2, 0.25) is 5.02 Å². The number of likely N-dealkylation sites (N-methyl/N-ethyl adjacent to an activating group) is 1. The van der Waals surface area contributed by atoms with E-state index in [2.05, 4.69) is 19.9 Å². The zero-order chi connectivity index (χ0) is 20.3. The van der Waals surface area contributed by atoms with E-state index in [1.807, 2.05) is 30.1 Å². The topological polar surface area (TPSA) is 46.6 Å². The number of para-hydroxylation sites is 1. The van der Waals surface area contributed by atoms with Gasteiger partial charge in [0, 0.05) is 41.0 Å². The third-order valence-electron chi connectivity index (χ3n) is 4.88. The third kappa shape index (κ3) is 4.18. The Hall–Kier alpha value is -2.85. The van der Waals surface area contributed by atoms with Gasteiger partial charge in [-0.3, -0.25) is 4.79 Å². The molecule has 0 saturated heterocycles. The van der Waals surface area contributed by atoms with E-state index < -0.39 is 5.97 Å². The number of nitrogens with zero attached hydrogens (tertiary/aromatic N) is 1. The summed E-state index contributed by atoms with van der Waals surface area (Å²) in [5.74, 6) is -0.819. The largest absolute Gasteiger partial charge is 0.454 e. The number of benzene rings is 2. The summed E-state index contributed by atoms with van der Waals surface area (Å²) in [5, 5.41) is 0.625. The van der Waals surface area contributed by atoms with E-state index >= 15 is 0 Å². The minimum atomic E-state index is -0.566. The standard InChI is InChI=1S/C23H22ClNO3/c1-23(2)19-6-4-5-7-20(19)25(3)21(23)14-18(26)15-28-22(27)13-10-16-8-11-17(24)12-9-16/h4-14H,15H2,1-3H3. The lowest BCUT2D eigenvalue weighted by Crippen LogP contribution is -2.25. The molecule has 4 nitrogen and oxygen atoms in total. The Labute approximate surface area is 170 Å². The fourth-order valence-corrected chi connectivity index (χ4v) is 3.51. The van der Waals surface area contributed by atoms with Crippen LogP contribution < -0.4 is 4.90 Å². The maximum absolute atomic E-state index is 12.4. The van der Waals surface area contributed by atoms with Crippen LogP contribution >= 0.6 is 11.6 Å². The first-order valence-corrected chi connectivity index (χ1v) is 9.35. The summed E-state index contributed by atoms with van der Waals surface area (Å²) in [6.07, 6.45) is 4.48. The van der Waals surface area contributed by atoms with E-state index in [4.69, 9.17) is 16.3 Å². The maximum atomic E-state index is 12.4. The van der Waals surface area contributed by atoms with E-state index in [1.165, 1.54) is 11.6 Å². The van der Waals surface area contributed by atoms with Gasteiger partial charge in [0.15, 0.2) is 12.4 Å². The Bertz CT molecular complexity index is 958. The number of rotatable bonds is 5. The first kappa shape index (κ1) is 19.9. The lowest BCUT2D eigenvalue weighted by Gasteiger charge is -2.23. The van der Waals surface area contributed by atoms with Crippen molar-refractivity contribution < 1.29 is 14.3 Å². The Balaban J connectivity index is 1.62. The molecule has 144 valence electrons. The van der Waals surface area contributed by atoms with Gasteiger partial charge in [-0.1, -0.05) is 55.8 Å². The van der Waals surface area contributed by atoms with Crippen LogP contribution in [-0.2, 0) is 19.7 Å². The Morgan fingerprint density at radius 1 is 1.11 bits per heavy atom. The Kier molecular flexibility index (Phi) is 5.71. The molecule has 0 atom stereocenters. The molecule has 0 spiro atoms. The van der Waals surface area contributed by atoms with Gasteiger partial charge in [0.2, 0.25) is 0 Å². The molecule has 0 unspecified atom stereocenters. The smallest absolute Gasteiger partial charge is 0.331 e. The first-order chi connectivity index (χ1) is 13.3. The molecule has 0 radical (unpaired) electrons. The van der Waals surface area contributed by atoms with Gasteiger partial charge in [-0.25, -0.2) is 4.79 Å². The zero-order valence-electron chi connectivity index (χ0n) is 16.1. The molecule has 3 rings (SSSR count). The van der Waals surface area contributed by atoms with E-state index in [-0.39, 0.29) is 17.8 Å². The van der Waals surface area contributed by atoms with Gasteiger partial charge < -0.3 is 9.64 Å². The van der Waals surface area contributed by atoms with Crippen molar-refractivity contribution >= 4 is 35.1 Å². The van der Waals surface area contributed by atoms with Gasteiger partial charge in [0.25, 0.3) is 0 Å². The summed E-state index contributed by atoms with van der Waals surface area (Å²) in [7, 11) is 1.94. The number of anilines is 1. The van der Waals surface area contributed by atoms with Crippen molar-refractivity contribution in [1.29, 1.82) is 0 Å². The molecule has 2 aromatic rings. The number of hydrogen-bond donors (Lipinski definition) is 0. The van der Waals surface area contributed by atoms with Gasteiger partial charge in [0.05, 0.1) is 0 Å². The molecule has 1 heterocycles. The van der Waals surface area contributed by atoms with Crippen molar-refractivity contribution in [3.63, 3.8) is 0 Å². The number of esters is 1. The van der Waals surface area contributed by atoms with Crippen LogP contribution in [0.5, 0.6) is 0 Å². The van der Waals surface area contributed by atoms with Crippen molar-refractivity contribution in [2.75, 3.05) is 18.6 Å². The monoisotopic (exact) mass is 395 g/mol. The molecule has 0 aliphatic carbocycles. The molecule has 0 saturated carbocycles. The number of ether oxygens (including phenoxy) is 1.